The van der Waals surface area contributed by atoms with Crippen molar-refractivity contribution >= 4 is 5.97 Å². The van der Waals surface area contributed by atoms with Crippen LogP contribution < -0.4 is 0 Å². The zero-order chi connectivity index (χ0) is 11.4. The van der Waals surface area contributed by atoms with Crippen LogP contribution in [0.2, 0.25) is 0 Å². The van der Waals surface area contributed by atoms with Crippen molar-refractivity contribution in [2.45, 2.75) is 33.5 Å². The van der Waals surface area contributed by atoms with E-state index in [1.165, 1.54) is 6.92 Å². The summed E-state index contributed by atoms with van der Waals surface area (Å²) in [7, 11) is 0. The van der Waals surface area contributed by atoms with E-state index < -0.39 is 12.1 Å². The number of carboxylic acids is 1. The van der Waals surface area contributed by atoms with Gasteiger partial charge >= 0.3 is 5.97 Å². The second kappa shape index (κ2) is 4.94. The minimum Gasteiger partial charge on any atom is -0.479 e. The molecule has 0 saturated carbocycles. The molecule has 3 heteroatoms. The molecular formula is C12H16O3. The molecule has 1 aromatic rings. The van der Waals surface area contributed by atoms with E-state index in [2.05, 4.69) is 6.07 Å². The van der Waals surface area contributed by atoms with Crippen LogP contribution in [0.3, 0.4) is 0 Å². The molecule has 1 aromatic carbocycles. The molecule has 0 spiro atoms. The molecule has 1 N–H and O–H groups in total. The van der Waals surface area contributed by atoms with Crippen molar-refractivity contribution in [3.05, 3.63) is 34.9 Å². The van der Waals surface area contributed by atoms with E-state index in [-0.39, 0.29) is 0 Å². The molecular weight excluding hydrogens is 192 g/mol. The van der Waals surface area contributed by atoms with Crippen molar-refractivity contribution in [2.24, 2.45) is 0 Å². The predicted molar refractivity (Wildman–Crippen MR) is 57.8 cm³/mol. The molecule has 1 atom stereocenters. The van der Waals surface area contributed by atoms with Gasteiger partial charge in [-0.1, -0.05) is 29.3 Å². The first-order valence-corrected chi connectivity index (χ1v) is 4.90. The van der Waals surface area contributed by atoms with Gasteiger partial charge in [0.15, 0.2) is 6.10 Å². The molecule has 1 unspecified atom stereocenters. The standard InChI is InChI=1S/C12H16O3/c1-8-4-9(2)6-11(5-8)7-15-10(3)12(13)14/h4-6,10H,7H2,1-3H3,(H,13,14). The lowest BCUT2D eigenvalue weighted by atomic mass is 10.1. The molecule has 0 heterocycles. The third kappa shape index (κ3) is 3.72. The molecule has 82 valence electrons. The SMILES string of the molecule is Cc1cc(C)cc(COC(C)C(=O)O)c1. The maximum atomic E-state index is 10.5. The Morgan fingerprint density at radius 2 is 1.87 bits per heavy atom. The van der Waals surface area contributed by atoms with Gasteiger partial charge in [0.2, 0.25) is 0 Å². The minimum atomic E-state index is -0.931. The van der Waals surface area contributed by atoms with Gasteiger partial charge in [0.1, 0.15) is 0 Å². The van der Waals surface area contributed by atoms with Crippen LogP contribution in [0.5, 0.6) is 0 Å². The Kier molecular flexibility index (Phi) is 3.86. The maximum Gasteiger partial charge on any atom is 0.332 e. The summed E-state index contributed by atoms with van der Waals surface area (Å²) in [5, 5.41) is 8.64. The number of rotatable bonds is 4. The van der Waals surface area contributed by atoms with Gasteiger partial charge in [0.25, 0.3) is 0 Å². The summed E-state index contributed by atoms with van der Waals surface area (Å²) in [4.78, 5) is 10.5. The van der Waals surface area contributed by atoms with Crippen molar-refractivity contribution < 1.29 is 14.6 Å². The van der Waals surface area contributed by atoms with Crippen LogP contribution in [0.15, 0.2) is 18.2 Å². The second-order valence-electron chi connectivity index (χ2n) is 3.79. The normalized spacial score (nSPS) is 12.5. The Morgan fingerprint density at radius 3 is 2.33 bits per heavy atom. The highest BCUT2D eigenvalue weighted by Gasteiger charge is 2.10. The molecule has 0 bridgehead atoms. The van der Waals surface area contributed by atoms with Gasteiger partial charge in [-0.25, -0.2) is 4.79 Å². The average Bonchev–Trinajstić information content (AvgIpc) is 2.12. The Bertz CT molecular complexity index is 338. The van der Waals surface area contributed by atoms with E-state index in [1.807, 2.05) is 26.0 Å². The summed E-state index contributed by atoms with van der Waals surface area (Å²) in [5.74, 6) is -0.931. The van der Waals surface area contributed by atoms with Crippen LogP contribution in [0, 0.1) is 13.8 Å². The van der Waals surface area contributed by atoms with E-state index in [0.717, 1.165) is 16.7 Å². The molecule has 3 nitrogen and oxygen atoms in total. The van der Waals surface area contributed by atoms with Crippen LogP contribution in [-0.2, 0) is 16.1 Å². The Labute approximate surface area is 89.7 Å². The third-order valence-corrected chi connectivity index (χ3v) is 2.13. The topological polar surface area (TPSA) is 46.5 Å². The highest BCUT2D eigenvalue weighted by molar-refractivity contribution is 5.71. The van der Waals surface area contributed by atoms with E-state index in [9.17, 15) is 4.79 Å². The summed E-state index contributed by atoms with van der Waals surface area (Å²) < 4.78 is 5.20. The van der Waals surface area contributed by atoms with Crippen LogP contribution >= 0.6 is 0 Å². The summed E-state index contributed by atoms with van der Waals surface area (Å²) in [6, 6.07) is 6.08. The van der Waals surface area contributed by atoms with Crippen molar-refractivity contribution in [3.63, 3.8) is 0 Å². The van der Waals surface area contributed by atoms with Gasteiger partial charge in [-0.05, 0) is 26.3 Å². The molecule has 0 aliphatic rings. The second-order valence-corrected chi connectivity index (χ2v) is 3.79. The van der Waals surface area contributed by atoms with Gasteiger partial charge < -0.3 is 9.84 Å². The van der Waals surface area contributed by atoms with Gasteiger partial charge in [-0.3, -0.25) is 0 Å². The average molecular weight is 208 g/mol. The first-order valence-electron chi connectivity index (χ1n) is 4.90. The molecule has 0 saturated heterocycles. The molecule has 15 heavy (non-hydrogen) atoms. The maximum absolute atomic E-state index is 10.5. The van der Waals surface area contributed by atoms with E-state index in [1.54, 1.807) is 0 Å². The van der Waals surface area contributed by atoms with Crippen LogP contribution in [0.25, 0.3) is 0 Å². The van der Waals surface area contributed by atoms with Gasteiger partial charge in [0.05, 0.1) is 6.61 Å². The molecule has 0 fully saturated rings. The number of carbonyl (C=O) groups is 1. The Balaban J connectivity index is 2.61. The highest BCUT2D eigenvalue weighted by Crippen LogP contribution is 2.10. The minimum absolute atomic E-state index is 0.343. The fourth-order valence-corrected chi connectivity index (χ4v) is 1.44. The molecule has 0 aliphatic heterocycles. The van der Waals surface area contributed by atoms with Crippen LogP contribution in [-0.4, -0.2) is 17.2 Å². The Hall–Kier alpha value is -1.35. The lowest BCUT2D eigenvalue weighted by Gasteiger charge is -2.09. The predicted octanol–water partition coefficient (Wildman–Crippen LogP) is 2.29. The van der Waals surface area contributed by atoms with E-state index in [0.29, 0.717) is 6.61 Å². The zero-order valence-corrected chi connectivity index (χ0v) is 9.28. The quantitative estimate of drug-likeness (QED) is 0.825. The molecule has 0 amide bonds. The van der Waals surface area contributed by atoms with Crippen molar-refractivity contribution in [1.82, 2.24) is 0 Å². The number of benzene rings is 1. The summed E-state index contributed by atoms with van der Waals surface area (Å²) in [6.45, 7) is 5.90. The zero-order valence-electron chi connectivity index (χ0n) is 9.28. The molecule has 0 aromatic heterocycles. The number of aryl methyl sites for hydroxylation is 2. The molecule has 0 aliphatic carbocycles. The smallest absolute Gasteiger partial charge is 0.332 e. The lowest BCUT2D eigenvalue weighted by molar-refractivity contribution is -0.149. The van der Waals surface area contributed by atoms with Crippen molar-refractivity contribution in [2.75, 3.05) is 0 Å². The monoisotopic (exact) mass is 208 g/mol. The first-order chi connectivity index (χ1) is 6.99. The summed E-state index contributed by atoms with van der Waals surface area (Å²) in [5.41, 5.74) is 3.34. The lowest BCUT2D eigenvalue weighted by Crippen LogP contribution is -2.19. The van der Waals surface area contributed by atoms with Crippen LogP contribution in [0.1, 0.15) is 23.6 Å². The van der Waals surface area contributed by atoms with Crippen LogP contribution in [0.4, 0.5) is 0 Å². The summed E-state index contributed by atoms with van der Waals surface area (Å²) in [6.07, 6.45) is -0.759. The fourth-order valence-electron chi connectivity index (χ4n) is 1.44. The number of ether oxygens (including phenoxy) is 1. The molecule has 1 rings (SSSR count). The number of hydrogen-bond acceptors (Lipinski definition) is 2. The fraction of sp³-hybridized carbons (Fsp3) is 0.417. The summed E-state index contributed by atoms with van der Waals surface area (Å²) >= 11 is 0. The van der Waals surface area contributed by atoms with Crippen molar-refractivity contribution in [3.8, 4) is 0 Å². The van der Waals surface area contributed by atoms with Gasteiger partial charge in [-0.15, -0.1) is 0 Å². The third-order valence-electron chi connectivity index (χ3n) is 2.13. The van der Waals surface area contributed by atoms with E-state index >= 15 is 0 Å². The largest absolute Gasteiger partial charge is 0.479 e. The number of aliphatic carboxylic acids is 1. The van der Waals surface area contributed by atoms with Gasteiger partial charge in [-0.2, -0.15) is 0 Å². The number of hydrogen-bond donors (Lipinski definition) is 1. The molecule has 0 radical (unpaired) electrons. The van der Waals surface area contributed by atoms with Crippen molar-refractivity contribution in [1.29, 1.82) is 0 Å². The first kappa shape index (κ1) is 11.7. The van der Waals surface area contributed by atoms with Gasteiger partial charge in [0, 0.05) is 0 Å². The number of carboxylic acid groups (broad SMARTS) is 1. The Morgan fingerprint density at radius 1 is 1.33 bits per heavy atom. The van der Waals surface area contributed by atoms with E-state index in [4.69, 9.17) is 9.84 Å². The highest BCUT2D eigenvalue weighted by atomic mass is 16.5.